The Hall–Kier alpha value is -0.800. The number of halogens is 1. The minimum Gasteiger partial charge on any atom is -0.389 e. The fraction of sp³-hybridized carbons (Fsp3) is 0.364. The lowest BCUT2D eigenvalue weighted by atomic mass is 10.2. The summed E-state index contributed by atoms with van der Waals surface area (Å²) >= 11 is 10.9. The maximum absolute atomic E-state index is 6.06. The van der Waals surface area contributed by atoms with Crippen molar-refractivity contribution in [1.29, 1.82) is 0 Å². The third-order valence-electron chi connectivity index (χ3n) is 2.70. The number of thiocarbonyl (C=S) groups is 1. The standard InChI is InChI=1S/C11H13ClN2S/c1-6-4-10(6)14-7-2-3-8(11(13)15)9(12)5-7/h2-3,5-6,10,14H,4H2,1H3,(H2,13,15). The van der Waals surface area contributed by atoms with Gasteiger partial charge in [-0.3, -0.25) is 0 Å². The summed E-state index contributed by atoms with van der Waals surface area (Å²) in [4.78, 5) is 0.339. The molecule has 1 aliphatic carbocycles. The van der Waals surface area contributed by atoms with Crippen LogP contribution in [0.3, 0.4) is 0 Å². The van der Waals surface area contributed by atoms with Crippen LogP contribution in [0.15, 0.2) is 18.2 Å². The molecule has 2 rings (SSSR count). The van der Waals surface area contributed by atoms with Crippen molar-refractivity contribution in [2.45, 2.75) is 19.4 Å². The molecule has 0 spiro atoms. The van der Waals surface area contributed by atoms with Crippen molar-refractivity contribution in [3.05, 3.63) is 28.8 Å². The highest BCUT2D eigenvalue weighted by molar-refractivity contribution is 7.80. The molecule has 1 saturated carbocycles. The van der Waals surface area contributed by atoms with Gasteiger partial charge in [-0.15, -0.1) is 0 Å². The first-order valence-electron chi connectivity index (χ1n) is 4.94. The summed E-state index contributed by atoms with van der Waals surface area (Å²) in [6, 6.07) is 6.30. The van der Waals surface area contributed by atoms with Gasteiger partial charge in [-0.2, -0.15) is 0 Å². The molecule has 1 fully saturated rings. The molecule has 0 radical (unpaired) electrons. The zero-order valence-corrected chi connectivity index (χ0v) is 10.0. The van der Waals surface area contributed by atoms with E-state index in [0.717, 1.165) is 17.2 Å². The van der Waals surface area contributed by atoms with Crippen LogP contribution >= 0.6 is 23.8 Å². The fourth-order valence-electron chi connectivity index (χ4n) is 1.54. The van der Waals surface area contributed by atoms with Crippen LogP contribution in [0.5, 0.6) is 0 Å². The molecular weight excluding hydrogens is 228 g/mol. The number of rotatable bonds is 3. The highest BCUT2D eigenvalue weighted by atomic mass is 35.5. The second-order valence-electron chi connectivity index (χ2n) is 4.02. The van der Waals surface area contributed by atoms with Crippen molar-refractivity contribution < 1.29 is 0 Å². The zero-order valence-electron chi connectivity index (χ0n) is 8.46. The summed E-state index contributed by atoms with van der Waals surface area (Å²) in [6.45, 7) is 2.22. The van der Waals surface area contributed by atoms with Crippen LogP contribution in [-0.4, -0.2) is 11.0 Å². The Morgan fingerprint density at radius 3 is 2.73 bits per heavy atom. The number of benzene rings is 1. The maximum Gasteiger partial charge on any atom is 0.105 e. The number of nitrogens with one attached hydrogen (secondary N) is 1. The molecule has 4 heteroatoms. The van der Waals surface area contributed by atoms with E-state index in [0.29, 0.717) is 16.1 Å². The fourth-order valence-corrected chi connectivity index (χ4v) is 2.06. The first kappa shape index (κ1) is 10.7. The van der Waals surface area contributed by atoms with E-state index in [9.17, 15) is 0 Å². The summed E-state index contributed by atoms with van der Waals surface area (Å²) in [6.07, 6.45) is 1.23. The van der Waals surface area contributed by atoms with Crippen molar-refractivity contribution in [1.82, 2.24) is 0 Å². The molecule has 0 heterocycles. The van der Waals surface area contributed by atoms with Gasteiger partial charge in [0.2, 0.25) is 0 Å². The van der Waals surface area contributed by atoms with Crippen LogP contribution in [0, 0.1) is 5.92 Å². The van der Waals surface area contributed by atoms with Crippen molar-refractivity contribution in [2.24, 2.45) is 11.7 Å². The Morgan fingerprint density at radius 2 is 2.27 bits per heavy atom. The number of hydrogen-bond donors (Lipinski definition) is 2. The average Bonchev–Trinajstić information content (AvgIpc) is 2.81. The molecule has 2 atom stereocenters. The monoisotopic (exact) mass is 240 g/mol. The van der Waals surface area contributed by atoms with E-state index < -0.39 is 0 Å². The molecule has 1 aromatic carbocycles. The zero-order chi connectivity index (χ0) is 11.0. The normalized spacial score (nSPS) is 23.6. The maximum atomic E-state index is 6.06. The van der Waals surface area contributed by atoms with Gasteiger partial charge in [-0.1, -0.05) is 30.7 Å². The summed E-state index contributed by atoms with van der Waals surface area (Å²) in [5.74, 6) is 0.763. The van der Waals surface area contributed by atoms with E-state index in [2.05, 4.69) is 12.2 Å². The molecule has 2 nitrogen and oxygen atoms in total. The van der Waals surface area contributed by atoms with Gasteiger partial charge < -0.3 is 11.1 Å². The molecule has 1 aromatic rings. The molecule has 0 aromatic heterocycles. The smallest absolute Gasteiger partial charge is 0.105 e. The molecular formula is C11H13ClN2S. The predicted octanol–water partition coefficient (Wildman–Crippen LogP) is 2.79. The summed E-state index contributed by atoms with van der Waals surface area (Å²) in [7, 11) is 0. The second-order valence-corrected chi connectivity index (χ2v) is 4.87. The lowest BCUT2D eigenvalue weighted by molar-refractivity contribution is 0.929. The number of nitrogens with two attached hydrogens (primary N) is 1. The molecule has 0 amide bonds. The van der Waals surface area contributed by atoms with Gasteiger partial charge in [-0.05, 0) is 30.5 Å². The molecule has 0 aliphatic heterocycles. The molecule has 80 valence electrons. The van der Waals surface area contributed by atoms with Gasteiger partial charge in [0.25, 0.3) is 0 Å². The van der Waals surface area contributed by atoms with Gasteiger partial charge in [-0.25, -0.2) is 0 Å². The van der Waals surface area contributed by atoms with Crippen molar-refractivity contribution in [3.63, 3.8) is 0 Å². The van der Waals surface area contributed by atoms with Crippen LogP contribution in [0.1, 0.15) is 18.9 Å². The molecule has 3 N–H and O–H groups in total. The second kappa shape index (κ2) is 3.99. The van der Waals surface area contributed by atoms with Crippen molar-refractivity contribution in [3.8, 4) is 0 Å². The highest BCUT2D eigenvalue weighted by Gasteiger charge is 2.32. The van der Waals surface area contributed by atoms with Crippen LogP contribution in [0.4, 0.5) is 5.69 Å². The minimum absolute atomic E-state index is 0.339. The van der Waals surface area contributed by atoms with Crippen molar-refractivity contribution in [2.75, 3.05) is 5.32 Å². The lowest BCUT2D eigenvalue weighted by Crippen LogP contribution is -2.10. The minimum atomic E-state index is 0.339. The van der Waals surface area contributed by atoms with E-state index in [1.165, 1.54) is 6.42 Å². The van der Waals surface area contributed by atoms with Crippen LogP contribution in [0.2, 0.25) is 5.02 Å². The Balaban J connectivity index is 2.14. The Kier molecular flexibility index (Phi) is 2.85. The van der Waals surface area contributed by atoms with E-state index in [1.807, 2.05) is 18.2 Å². The Morgan fingerprint density at radius 1 is 1.60 bits per heavy atom. The molecule has 15 heavy (non-hydrogen) atoms. The third kappa shape index (κ3) is 2.41. The first-order chi connectivity index (χ1) is 7.08. The largest absolute Gasteiger partial charge is 0.389 e. The van der Waals surface area contributed by atoms with E-state index >= 15 is 0 Å². The van der Waals surface area contributed by atoms with Gasteiger partial charge in [0.05, 0.1) is 5.02 Å². The van der Waals surface area contributed by atoms with Gasteiger partial charge in [0.1, 0.15) is 4.99 Å². The van der Waals surface area contributed by atoms with Crippen LogP contribution in [-0.2, 0) is 0 Å². The number of anilines is 1. The van der Waals surface area contributed by atoms with E-state index in [4.69, 9.17) is 29.6 Å². The van der Waals surface area contributed by atoms with E-state index in [-0.39, 0.29) is 0 Å². The lowest BCUT2D eigenvalue weighted by Gasteiger charge is -2.08. The van der Waals surface area contributed by atoms with Crippen molar-refractivity contribution >= 4 is 34.5 Å². The summed E-state index contributed by atoms with van der Waals surface area (Å²) in [5, 5.41) is 4.02. The average molecular weight is 241 g/mol. The topological polar surface area (TPSA) is 38.0 Å². The van der Waals surface area contributed by atoms with Gasteiger partial charge in [0.15, 0.2) is 0 Å². The van der Waals surface area contributed by atoms with E-state index in [1.54, 1.807) is 0 Å². The van der Waals surface area contributed by atoms with Gasteiger partial charge >= 0.3 is 0 Å². The van der Waals surface area contributed by atoms with Gasteiger partial charge in [0, 0.05) is 17.3 Å². The SMILES string of the molecule is CC1CC1Nc1ccc(C(N)=S)c(Cl)c1. The Bertz CT molecular complexity index is 406. The summed E-state index contributed by atoms with van der Waals surface area (Å²) < 4.78 is 0. The highest BCUT2D eigenvalue weighted by Crippen LogP contribution is 2.33. The van der Waals surface area contributed by atoms with Crippen LogP contribution < -0.4 is 11.1 Å². The molecule has 0 bridgehead atoms. The molecule has 2 unspecified atom stereocenters. The summed E-state index contributed by atoms with van der Waals surface area (Å²) in [5.41, 5.74) is 7.30. The molecule has 1 aliphatic rings. The number of hydrogen-bond acceptors (Lipinski definition) is 2. The molecule has 0 saturated heterocycles. The Labute approximate surface area is 99.8 Å². The predicted molar refractivity (Wildman–Crippen MR) is 68.5 cm³/mol. The first-order valence-corrected chi connectivity index (χ1v) is 5.72. The third-order valence-corrected chi connectivity index (χ3v) is 3.23. The van der Waals surface area contributed by atoms with Crippen LogP contribution in [0.25, 0.3) is 0 Å². The quantitative estimate of drug-likeness (QED) is 0.798.